The van der Waals surface area contributed by atoms with Gasteiger partial charge < -0.3 is 9.84 Å². The average Bonchev–Trinajstić information content (AvgIpc) is 2.26. The molecule has 0 bridgehead atoms. The molecular weight excluding hydrogens is 216 g/mol. The van der Waals surface area contributed by atoms with Gasteiger partial charge in [0.2, 0.25) is 0 Å². The number of hydrogen-bond acceptors (Lipinski definition) is 2. The predicted molar refractivity (Wildman–Crippen MR) is 63.3 cm³/mol. The van der Waals surface area contributed by atoms with Crippen LogP contribution in [-0.2, 0) is 4.79 Å². The van der Waals surface area contributed by atoms with Crippen LogP contribution >= 0.6 is 0 Å². The van der Waals surface area contributed by atoms with Crippen molar-refractivity contribution >= 4 is 5.97 Å². The number of ether oxygens (including phenoxy) is 1. The second-order valence-electron chi connectivity index (χ2n) is 5.18. The predicted octanol–water partition coefficient (Wildman–Crippen LogP) is 2.95. The summed E-state index contributed by atoms with van der Waals surface area (Å²) >= 11 is 0. The van der Waals surface area contributed by atoms with Gasteiger partial charge in [-0.25, -0.2) is 0 Å². The summed E-state index contributed by atoms with van der Waals surface area (Å²) in [6.45, 7) is 0. The molecule has 1 aliphatic heterocycles. The molecule has 1 N–H and O–H groups in total. The van der Waals surface area contributed by atoms with E-state index in [0.717, 1.165) is 30.6 Å². The number of benzene rings is 1. The molecule has 1 spiro atoms. The Balaban J connectivity index is 1.94. The molecule has 0 saturated heterocycles. The molecule has 1 heterocycles. The van der Waals surface area contributed by atoms with E-state index >= 15 is 0 Å². The minimum absolute atomic E-state index is 0.0610. The lowest BCUT2D eigenvalue weighted by Gasteiger charge is -2.47. The van der Waals surface area contributed by atoms with E-state index < -0.39 is 5.97 Å². The third-order valence-corrected chi connectivity index (χ3v) is 3.99. The van der Waals surface area contributed by atoms with Gasteiger partial charge in [0.05, 0.1) is 6.42 Å². The zero-order chi connectivity index (χ0) is 11.9. The first-order valence-corrected chi connectivity index (χ1v) is 6.18. The Morgan fingerprint density at radius 2 is 2.18 bits per heavy atom. The number of para-hydroxylation sites is 1. The van der Waals surface area contributed by atoms with Crippen LogP contribution in [0.1, 0.15) is 43.6 Å². The molecule has 3 nitrogen and oxygen atoms in total. The molecule has 0 amide bonds. The molecule has 0 aromatic heterocycles. The first kappa shape index (κ1) is 10.6. The van der Waals surface area contributed by atoms with Crippen LogP contribution in [0.15, 0.2) is 24.3 Å². The van der Waals surface area contributed by atoms with E-state index in [0.29, 0.717) is 0 Å². The molecule has 2 aliphatic rings. The first-order valence-electron chi connectivity index (χ1n) is 6.18. The van der Waals surface area contributed by atoms with Gasteiger partial charge in [-0.15, -0.1) is 0 Å². The van der Waals surface area contributed by atoms with E-state index in [2.05, 4.69) is 0 Å². The Hall–Kier alpha value is -1.51. The van der Waals surface area contributed by atoms with Crippen LogP contribution in [0.25, 0.3) is 0 Å². The number of aliphatic carboxylic acids is 1. The van der Waals surface area contributed by atoms with Gasteiger partial charge in [0.25, 0.3) is 0 Å². The van der Waals surface area contributed by atoms with Gasteiger partial charge in [0, 0.05) is 5.92 Å². The summed E-state index contributed by atoms with van der Waals surface area (Å²) < 4.78 is 6.07. The van der Waals surface area contributed by atoms with E-state index in [9.17, 15) is 4.79 Å². The lowest BCUT2D eigenvalue weighted by molar-refractivity contribution is -0.138. The summed E-state index contributed by atoms with van der Waals surface area (Å²) in [5.74, 6) is 0.281. The lowest BCUT2D eigenvalue weighted by Crippen LogP contribution is -2.47. The van der Waals surface area contributed by atoms with Crippen LogP contribution in [-0.4, -0.2) is 16.7 Å². The Bertz CT molecular complexity index is 449. The molecule has 1 unspecified atom stereocenters. The fourth-order valence-corrected chi connectivity index (χ4v) is 3.01. The highest BCUT2D eigenvalue weighted by atomic mass is 16.5. The fraction of sp³-hybridized carbons (Fsp3) is 0.500. The second kappa shape index (κ2) is 3.76. The molecular formula is C14H16O3. The summed E-state index contributed by atoms with van der Waals surface area (Å²) in [5.41, 5.74) is 1.00. The monoisotopic (exact) mass is 232 g/mol. The fourth-order valence-electron chi connectivity index (χ4n) is 3.01. The zero-order valence-electron chi connectivity index (χ0n) is 9.69. The zero-order valence-corrected chi connectivity index (χ0v) is 9.69. The van der Waals surface area contributed by atoms with Crippen molar-refractivity contribution in [1.29, 1.82) is 0 Å². The number of carboxylic acids is 1. The van der Waals surface area contributed by atoms with Gasteiger partial charge in [-0.3, -0.25) is 4.79 Å². The number of rotatable bonds is 2. The van der Waals surface area contributed by atoms with Gasteiger partial charge in [0.1, 0.15) is 11.4 Å². The molecule has 3 heteroatoms. The largest absolute Gasteiger partial charge is 0.487 e. The Kier molecular flexibility index (Phi) is 2.35. The average molecular weight is 232 g/mol. The van der Waals surface area contributed by atoms with Crippen molar-refractivity contribution in [2.75, 3.05) is 0 Å². The van der Waals surface area contributed by atoms with E-state index in [1.54, 1.807) is 0 Å². The van der Waals surface area contributed by atoms with Crippen molar-refractivity contribution in [2.24, 2.45) is 0 Å². The standard InChI is InChI=1S/C14H16O3/c15-13(16)8-10-9-14(6-3-7-14)17-12-5-2-1-4-11(10)12/h1-2,4-5,10H,3,6-9H2,(H,15,16). The van der Waals surface area contributed by atoms with Crippen molar-refractivity contribution in [1.82, 2.24) is 0 Å². The second-order valence-corrected chi connectivity index (χ2v) is 5.18. The molecule has 1 atom stereocenters. The maximum absolute atomic E-state index is 11.0. The summed E-state index contributed by atoms with van der Waals surface area (Å²) in [5, 5.41) is 9.01. The van der Waals surface area contributed by atoms with E-state index in [-0.39, 0.29) is 17.9 Å². The number of fused-ring (bicyclic) bond motifs is 1. The number of hydrogen-bond donors (Lipinski definition) is 1. The van der Waals surface area contributed by atoms with E-state index in [4.69, 9.17) is 9.84 Å². The highest BCUT2D eigenvalue weighted by Crippen LogP contribution is 2.50. The van der Waals surface area contributed by atoms with Gasteiger partial charge >= 0.3 is 5.97 Å². The van der Waals surface area contributed by atoms with Crippen molar-refractivity contribution in [3.05, 3.63) is 29.8 Å². The van der Waals surface area contributed by atoms with Crippen LogP contribution in [0.3, 0.4) is 0 Å². The quantitative estimate of drug-likeness (QED) is 0.852. The van der Waals surface area contributed by atoms with Crippen LogP contribution in [0.4, 0.5) is 0 Å². The maximum Gasteiger partial charge on any atom is 0.303 e. The smallest absolute Gasteiger partial charge is 0.303 e. The van der Waals surface area contributed by atoms with E-state index in [1.807, 2.05) is 24.3 Å². The minimum atomic E-state index is -0.721. The van der Waals surface area contributed by atoms with Gasteiger partial charge in [-0.2, -0.15) is 0 Å². The maximum atomic E-state index is 11.0. The van der Waals surface area contributed by atoms with E-state index in [1.165, 1.54) is 6.42 Å². The number of carboxylic acid groups (broad SMARTS) is 1. The summed E-state index contributed by atoms with van der Waals surface area (Å²) in [7, 11) is 0. The lowest BCUT2D eigenvalue weighted by atomic mass is 9.70. The third-order valence-electron chi connectivity index (χ3n) is 3.99. The van der Waals surface area contributed by atoms with Crippen LogP contribution in [0.5, 0.6) is 5.75 Å². The third kappa shape index (κ3) is 1.79. The summed E-state index contributed by atoms with van der Waals surface area (Å²) in [4.78, 5) is 11.0. The number of carbonyl (C=O) groups is 1. The van der Waals surface area contributed by atoms with Gasteiger partial charge in [-0.05, 0) is 37.3 Å². The van der Waals surface area contributed by atoms with Crippen molar-refractivity contribution < 1.29 is 14.6 Å². The van der Waals surface area contributed by atoms with Crippen LogP contribution in [0.2, 0.25) is 0 Å². The highest BCUT2D eigenvalue weighted by Gasteiger charge is 2.45. The normalized spacial score (nSPS) is 24.6. The van der Waals surface area contributed by atoms with Gasteiger partial charge in [0.15, 0.2) is 0 Å². The molecule has 1 saturated carbocycles. The van der Waals surface area contributed by atoms with Gasteiger partial charge in [-0.1, -0.05) is 18.2 Å². The van der Waals surface area contributed by atoms with Crippen molar-refractivity contribution in [3.63, 3.8) is 0 Å². The highest BCUT2D eigenvalue weighted by molar-refractivity contribution is 5.68. The Labute approximate surface area is 100 Å². The Morgan fingerprint density at radius 1 is 1.41 bits per heavy atom. The minimum Gasteiger partial charge on any atom is -0.487 e. The topological polar surface area (TPSA) is 46.5 Å². The van der Waals surface area contributed by atoms with Crippen molar-refractivity contribution in [3.8, 4) is 5.75 Å². The summed E-state index contributed by atoms with van der Waals surface area (Å²) in [6.07, 6.45) is 4.40. The van der Waals surface area contributed by atoms with Crippen LogP contribution in [0, 0.1) is 0 Å². The molecule has 1 aromatic carbocycles. The van der Waals surface area contributed by atoms with Crippen molar-refractivity contribution in [2.45, 2.75) is 43.6 Å². The molecule has 17 heavy (non-hydrogen) atoms. The molecule has 0 radical (unpaired) electrons. The summed E-state index contributed by atoms with van der Waals surface area (Å²) in [6, 6.07) is 7.86. The molecule has 1 aromatic rings. The SMILES string of the molecule is O=C(O)CC1CC2(CCC2)Oc2ccccc21. The first-order chi connectivity index (χ1) is 8.19. The molecule has 90 valence electrons. The molecule has 3 rings (SSSR count). The molecule has 1 aliphatic carbocycles. The Morgan fingerprint density at radius 3 is 2.82 bits per heavy atom. The van der Waals surface area contributed by atoms with Crippen LogP contribution < -0.4 is 4.74 Å². The molecule has 1 fully saturated rings.